The van der Waals surface area contributed by atoms with Gasteiger partial charge in [-0.25, -0.2) is 4.79 Å². The number of carbonyl (C=O) groups is 4. The van der Waals surface area contributed by atoms with Crippen molar-refractivity contribution >= 4 is 29.7 Å². The third kappa shape index (κ3) is 16.0. The number of hydrogen-bond acceptors (Lipinski definition) is 11. The van der Waals surface area contributed by atoms with Crippen molar-refractivity contribution in [1.29, 1.82) is 5.41 Å². The van der Waals surface area contributed by atoms with Crippen LogP contribution in [-0.4, -0.2) is 74.8 Å². The van der Waals surface area contributed by atoms with Gasteiger partial charge in [-0.1, -0.05) is 12.1 Å². The molecule has 1 atom stereocenters. The van der Waals surface area contributed by atoms with Gasteiger partial charge in [0.2, 0.25) is 5.91 Å². The molecule has 1 aliphatic rings. The van der Waals surface area contributed by atoms with Crippen LogP contribution in [0, 0.1) is 5.41 Å². The molecule has 56 heavy (non-hydrogen) atoms. The molecule has 13 heteroatoms. The number of carbonyl (C=O) groups excluding carboxylic acids is 4. The van der Waals surface area contributed by atoms with Crippen molar-refractivity contribution in [1.82, 2.24) is 10.6 Å². The minimum atomic E-state index is -0.970. The highest BCUT2D eigenvalue weighted by Gasteiger charge is 2.22. The third-order valence-electron chi connectivity index (χ3n) is 9.12. The van der Waals surface area contributed by atoms with Gasteiger partial charge in [-0.3, -0.25) is 14.4 Å². The average molecular weight is 779 g/mol. The van der Waals surface area contributed by atoms with E-state index in [4.69, 9.17) is 29.1 Å². The Balaban J connectivity index is 1.40. The molecular formula is C43H60N3O10-. The Morgan fingerprint density at radius 3 is 2.18 bits per heavy atom. The SMILES string of the molecule is C=CCc1c(OCCCCCOc2cccc(OCCCC(=O)NCCCCC(NC(=O)OC(C)(C)C)C(=N)[O-])c2CCC(=O)OC)ccc2c1CCCC2=O. The number of unbranched alkanes of at least 4 members (excludes halogenated alkanes) is 3. The molecule has 1 aliphatic carbocycles. The topological polar surface area (TPSA) is 185 Å². The molecule has 0 saturated carbocycles. The fraction of sp³-hybridized carbons (Fsp3) is 0.558. The number of rotatable bonds is 25. The molecule has 2 amide bonds. The van der Waals surface area contributed by atoms with E-state index in [1.165, 1.54) is 7.11 Å². The maximum Gasteiger partial charge on any atom is 0.408 e. The van der Waals surface area contributed by atoms with Gasteiger partial charge in [-0.05, 0) is 127 Å². The number of amides is 2. The summed E-state index contributed by atoms with van der Waals surface area (Å²) >= 11 is 0. The molecule has 3 rings (SSSR count). The van der Waals surface area contributed by atoms with Crippen molar-refractivity contribution < 1.29 is 48.0 Å². The van der Waals surface area contributed by atoms with Crippen LogP contribution in [0.25, 0.3) is 0 Å². The number of Topliss-reactive ketones (excluding diaryl/α,β-unsaturated/α-hetero) is 1. The lowest BCUT2D eigenvalue weighted by Crippen LogP contribution is -2.47. The summed E-state index contributed by atoms with van der Waals surface area (Å²) in [5, 5.41) is 24.4. The molecule has 0 fully saturated rings. The second-order valence-electron chi connectivity index (χ2n) is 14.8. The molecule has 0 aromatic heterocycles. The lowest BCUT2D eigenvalue weighted by Gasteiger charge is -2.26. The summed E-state index contributed by atoms with van der Waals surface area (Å²) in [6.45, 7) is 10.7. The monoisotopic (exact) mass is 778 g/mol. The first-order valence-corrected chi connectivity index (χ1v) is 19.7. The number of ether oxygens (including phenoxy) is 5. The molecule has 0 saturated heterocycles. The number of esters is 1. The van der Waals surface area contributed by atoms with Gasteiger partial charge in [0, 0.05) is 42.5 Å². The van der Waals surface area contributed by atoms with Crippen LogP contribution in [0.1, 0.15) is 118 Å². The van der Waals surface area contributed by atoms with Crippen LogP contribution in [0.3, 0.4) is 0 Å². The summed E-state index contributed by atoms with van der Waals surface area (Å²) in [4.78, 5) is 48.8. The zero-order valence-electron chi connectivity index (χ0n) is 33.6. The minimum Gasteiger partial charge on any atom is -0.861 e. The Labute approximate surface area is 331 Å². The van der Waals surface area contributed by atoms with Crippen molar-refractivity contribution in [3.05, 3.63) is 65.2 Å². The van der Waals surface area contributed by atoms with Crippen LogP contribution in [0.4, 0.5) is 4.79 Å². The maximum absolute atomic E-state index is 12.4. The largest absolute Gasteiger partial charge is 0.861 e. The van der Waals surface area contributed by atoms with Gasteiger partial charge >= 0.3 is 12.1 Å². The molecule has 1 unspecified atom stereocenters. The normalized spacial score (nSPS) is 12.8. The molecule has 13 nitrogen and oxygen atoms in total. The summed E-state index contributed by atoms with van der Waals surface area (Å²) in [7, 11) is 1.35. The van der Waals surface area contributed by atoms with Crippen LogP contribution < -0.4 is 30.0 Å². The summed E-state index contributed by atoms with van der Waals surface area (Å²) in [6.07, 6.45) is 9.21. The van der Waals surface area contributed by atoms with Crippen molar-refractivity contribution in [3.63, 3.8) is 0 Å². The number of fused-ring (bicyclic) bond motifs is 1. The minimum absolute atomic E-state index is 0.140. The number of hydrogen-bond donors (Lipinski definition) is 3. The Morgan fingerprint density at radius 2 is 1.55 bits per heavy atom. The third-order valence-corrected chi connectivity index (χ3v) is 9.12. The van der Waals surface area contributed by atoms with Crippen molar-refractivity contribution in [2.45, 2.75) is 122 Å². The van der Waals surface area contributed by atoms with Crippen molar-refractivity contribution in [2.24, 2.45) is 0 Å². The van der Waals surface area contributed by atoms with E-state index in [0.717, 1.165) is 60.1 Å². The Kier molecular flexibility index (Phi) is 19.2. The first-order chi connectivity index (χ1) is 26.8. The van der Waals surface area contributed by atoms with Crippen LogP contribution in [0.2, 0.25) is 0 Å². The molecule has 0 radical (unpaired) electrons. The zero-order valence-corrected chi connectivity index (χ0v) is 33.6. The highest BCUT2D eigenvalue weighted by Crippen LogP contribution is 2.33. The van der Waals surface area contributed by atoms with E-state index >= 15 is 0 Å². The highest BCUT2D eigenvalue weighted by atomic mass is 16.6. The Hall–Kier alpha value is -5.07. The average Bonchev–Trinajstić information content (AvgIpc) is 3.15. The summed E-state index contributed by atoms with van der Waals surface area (Å²) in [5.74, 6) is 0.853. The van der Waals surface area contributed by atoms with Crippen LogP contribution in [0.15, 0.2) is 43.0 Å². The van der Waals surface area contributed by atoms with E-state index < -0.39 is 23.6 Å². The highest BCUT2D eigenvalue weighted by molar-refractivity contribution is 5.99. The maximum atomic E-state index is 12.4. The second kappa shape index (κ2) is 23.8. The fourth-order valence-corrected chi connectivity index (χ4v) is 6.34. The number of nitrogens with one attached hydrogen (secondary N) is 3. The number of alkyl carbamates (subject to hydrolysis) is 1. The smallest absolute Gasteiger partial charge is 0.408 e. The quantitative estimate of drug-likeness (QED) is 0.0338. The predicted octanol–water partition coefficient (Wildman–Crippen LogP) is 6.34. The summed E-state index contributed by atoms with van der Waals surface area (Å²) in [6, 6.07) is 8.34. The van der Waals surface area contributed by atoms with E-state index in [0.29, 0.717) is 69.8 Å². The van der Waals surface area contributed by atoms with Crippen LogP contribution in [0.5, 0.6) is 17.2 Å². The number of methoxy groups -OCH3 is 1. The molecule has 0 aliphatic heterocycles. The van der Waals surface area contributed by atoms with Gasteiger partial charge in [-0.15, -0.1) is 6.58 Å². The molecule has 2 aromatic rings. The Bertz CT molecular complexity index is 1630. The molecule has 0 heterocycles. The van der Waals surface area contributed by atoms with Gasteiger partial charge in [0.25, 0.3) is 0 Å². The van der Waals surface area contributed by atoms with Gasteiger partial charge in [0.1, 0.15) is 22.8 Å². The van der Waals surface area contributed by atoms with E-state index in [2.05, 4.69) is 17.2 Å². The van der Waals surface area contributed by atoms with Crippen molar-refractivity contribution in [2.75, 3.05) is 33.5 Å². The van der Waals surface area contributed by atoms with Gasteiger partial charge in [-0.2, -0.15) is 0 Å². The number of ketones is 1. The van der Waals surface area contributed by atoms with Crippen LogP contribution >= 0.6 is 0 Å². The van der Waals surface area contributed by atoms with Gasteiger partial charge in [0.15, 0.2) is 5.78 Å². The summed E-state index contributed by atoms with van der Waals surface area (Å²) in [5.41, 5.74) is 3.02. The molecule has 0 spiro atoms. The van der Waals surface area contributed by atoms with Gasteiger partial charge in [0.05, 0.1) is 33.0 Å². The number of allylic oxidation sites excluding steroid dienone is 1. The molecule has 0 bridgehead atoms. The molecular weight excluding hydrogens is 718 g/mol. The number of benzene rings is 2. The second-order valence-corrected chi connectivity index (χ2v) is 14.8. The standard InChI is InChI=1S/C43H61N3O10/c1-6-15-32-30-16-12-18-35(47)31(30)22-24-38(32)54-28-11-7-10-27-53-36-19-13-20-37(33(36)23-25-40(49)52-5)55-29-14-21-39(48)45-26-9-8-17-34(41(44)50)46-42(51)56-43(2,3)4/h6,13,19-20,22,24,34H,1,7-12,14-18,21,23,25-29H2,2-5H3,(H2,44,50)(H,45,48)(H,46,51)/p-1. The first kappa shape index (κ1) is 45.3. The molecule has 2 aromatic carbocycles. The molecule has 3 N–H and O–H groups in total. The van der Waals surface area contributed by atoms with Crippen LogP contribution in [-0.2, 0) is 38.3 Å². The first-order valence-electron chi connectivity index (χ1n) is 19.7. The summed E-state index contributed by atoms with van der Waals surface area (Å²) < 4.78 is 28.4. The molecule has 308 valence electrons. The fourth-order valence-electron chi connectivity index (χ4n) is 6.34. The van der Waals surface area contributed by atoms with Crippen molar-refractivity contribution in [3.8, 4) is 17.2 Å². The van der Waals surface area contributed by atoms with E-state index in [-0.39, 0.29) is 43.5 Å². The van der Waals surface area contributed by atoms with E-state index in [1.807, 2.05) is 36.4 Å². The zero-order chi connectivity index (χ0) is 40.9. The predicted molar refractivity (Wildman–Crippen MR) is 212 cm³/mol. The Morgan fingerprint density at radius 1 is 0.893 bits per heavy atom. The lowest BCUT2D eigenvalue weighted by atomic mass is 9.86. The van der Waals surface area contributed by atoms with E-state index in [1.54, 1.807) is 20.8 Å². The van der Waals surface area contributed by atoms with E-state index in [9.17, 15) is 24.3 Å². The van der Waals surface area contributed by atoms with Gasteiger partial charge < -0.3 is 44.8 Å². The lowest BCUT2D eigenvalue weighted by molar-refractivity contribution is -0.223.